The molecular formula is C29H30F3N5O2. The second-order valence-corrected chi connectivity index (χ2v) is 8.73. The van der Waals surface area contributed by atoms with Crippen LogP contribution < -0.4 is 16.8 Å². The number of nitrogen functional groups attached to an aromatic ring is 1. The van der Waals surface area contributed by atoms with Gasteiger partial charge >= 0.3 is 6.18 Å². The number of para-hydroxylation sites is 2. The van der Waals surface area contributed by atoms with E-state index in [4.69, 9.17) is 11.5 Å². The monoisotopic (exact) mass is 537 g/mol. The second-order valence-electron chi connectivity index (χ2n) is 8.73. The molecule has 1 unspecified atom stereocenters. The third-order valence-electron chi connectivity index (χ3n) is 5.84. The highest BCUT2D eigenvalue weighted by Gasteiger charge is 2.37. The zero-order valence-corrected chi connectivity index (χ0v) is 21.6. The minimum absolute atomic E-state index is 0.0774. The number of hydrogen-bond donors (Lipinski definition) is 3. The first-order valence-corrected chi connectivity index (χ1v) is 12.2. The Morgan fingerprint density at radius 1 is 1.03 bits per heavy atom. The van der Waals surface area contributed by atoms with E-state index in [1.54, 1.807) is 26.0 Å². The first-order valence-electron chi connectivity index (χ1n) is 12.2. The molecule has 0 radical (unpaired) electrons. The number of nitrogens with two attached hydrogens (primary N) is 2. The number of nitrogens with zero attached hydrogens (tertiary/aromatic N) is 2. The van der Waals surface area contributed by atoms with E-state index < -0.39 is 29.6 Å². The first-order chi connectivity index (χ1) is 18.5. The summed E-state index contributed by atoms with van der Waals surface area (Å²) < 4.78 is 39.0. The van der Waals surface area contributed by atoms with Gasteiger partial charge in [-0.2, -0.15) is 13.2 Å². The van der Waals surface area contributed by atoms with Gasteiger partial charge < -0.3 is 16.8 Å². The highest BCUT2D eigenvalue weighted by Crippen LogP contribution is 2.30. The molecule has 0 bridgehead atoms. The van der Waals surface area contributed by atoms with E-state index in [1.807, 2.05) is 48.5 Å². The van der Waals surface area contributed by atoms with E-state index in [0.29, 0.717) is 22.8 Å². The van der Waals surface area contributed by atoms with Crippen LogP contribution >= 0.6 is 0 Å². The number of amidine groups is 1. The number of likely N-dealkylation sites (N-methyl/N-ethyl adjacent to an activating group) is 1. The molecule has 5 N–H and O–H groups in total. The highest BCUT2D eigenvalue weighted by atomic mass is 19.4. The lowest BCUT2D eigenvalue weighted by Gasteiger charge is -2.35. The van der Waals surface area contributed by atoms with Crippen molar-refractivity contribution in [1.82, 2.24) is 10.2 Å². The Morgan fingerprint density at radius 3 is 2.15 bits per heavy atom. The zero-order valence-electron chi connectivity index (χ0n) is 21.6. The molecule has 1 heterocycles. The number of carbonyl (C=O) groups excluding carboxylic acids is 2. The molecule has 3 aromatic rings. The van der Waals surface area contributed by atoms with E-state index in [-0.39, 0.29) is 18.5 Å². The number of amides is 2. The fraction of sp³-hybridized carbons (Fsp3) is 0.207. The summed E-state index contributed by atoms with van der Waals surface area (Å²) in [6, 6.07) is 21.6. The van der Waals surface area contributed by atoms with Crippen LogP contribution in [0.15, 0.2) is 101 Å². The van der Waals surface area contributed by atoms with Crippen molar-refractivity contribution < 1.29 is 22.8 Å². The molecular weight excluding hydrogens is 507 g/mol. The Hall–Kier alpha value is -4.60. The van der Waals surface area contributed by atoms with Gasteiger partial charge in [0.2, 0.25) is 0 Å². The van der Waals surface area contributed by atoms with Gasteiger partial charge in [0, 0.05) is 35.5 Å². The third-order valence-corrected chi connectivity index (χ3v) is 5.84. The molecule has 1 aliphatic heterocycles. The fourth-order valence-corrected chi connectivity index (χ4v) is 3.88. The van der Waals surface area contributed by atoms with Crippen LogP contribution in [0.1, 0.15) is 36.2 Å². The number of allylic oxidation sites excluding steroid dienone is 1. The van der Waals surface area contributed by atoms with Crippen molar-refractivity contribution in [3.05, 3.63) is 107 Å². The molecule has 1 atom stereocenters. The van der Waals surface area contributed by atoms with Crippen LogP contribution in [-0.2, 0) is 11.0 Å². The van der Waals surface area contributed by atoms with Crippen molar-refractivity contribution in [2.75, 3.05) is 12.3 Å². The number of anilines is 1. The van der Waals surface area contributed by atoms with Crippen LogP contribution in [0.4, 0.5) is 24.5 Å². The van der Waals surface area contributed by atoms with Gasteiger partial charge in [0.25, 0.3) is 11.8 Å². The maximum Gasteiger partial charge on any atom is 0.416 e. The van der Waals surface area contributed by atoms with E-state index in [0.717, 1.165) is 23.9 Å². The standard InChI is InChI=1S/C23H23F3N4O2.C6H7N/c1-3-30-20(28-17-10-5-4-6-11-17)18(14(2)27)13-19(22(30)32)29-21(31)15-8-7-9-16(12-15)23(24,25)26;7-6-4-2-1-3-5-6/h4-12,19H,3,13,27H2,1-2H3,(H,29,31);1-5H,7H2/b18-14-,28-20?;. The van der Waals surface area contributed by atoms with Crippen molar-refractivity contribution in [1.29, 1.82) is 0 Å². The Bertz CT molecular complexity index is 1350. The predicted molar refractivity (Wildman–Crippen MR) is 146 cm³/mol. The van der Waals surface area contributed by atoms with Crippen LogP contribution in [0.25, 0.3) is 0 Å². The van der Waals surface area contributed by atoms with E-state index in [2.05, 4.69) is 10.3 Å². The predicted octanol–water partition coefficient (Wildman–Crippen LogP) is 5.29. The second kappa shape index (κ2) is 12.8. The maximum atomic E-state index is 13.1. The number of hydrogen-bond acceptors (Lipinski definition) is 5. The number of halogens is 3. The molecule has 0 aliphatic carbocycles. The van der Waals surface area contributed by atoms with Crippen LogP contribution in [0.2, 0.25) is 0 Å². The maximum absolute atomic E-state index is 13.1. The Labute approximate surface area is 225 Å². The lowest BCUT2D eigenvalue weighted by atomic mass is 9.95. The van der Waals surface area contributed by atoms with Gasteiger partial charge in [-0.15, -0.1) is 0 Å². The summed E-state index contributed by atoms with van der Waals surface area (Å²) in [5.41, 5.74) is 12.8. The summed E-state index contributed by atoms with van der Waals surface area (Å²) >= 11 is 0. The minimum atomic E-state index is -4.58. The third kappa shape index (κ3) is 7.70. The molecule has 0 aromatic heterocycles. The number of aliphatic imine (C=N–C) groups is 1. The number of alkyl halides is 3. The number of nitrogens with one attached hydrogen (secondary N) is 1. The van der Waals surface area contributed by atoms with Crippen molar-refractivity contribution in [3.63, 3.8) is 0 Å². The van der Waals surface area contributed by atoms with Crippen LogP contribution in [0.3, 0.4) is 0 Å². The molecule has 1 fully saturated rings. The fourth-order valence-electron chi connectivity index (χ4n) is 3.88. The van der Waals surface area contributed by atoms with Crippen molar-refractivity contribution >= 4 is 29.0 Å². The lowest BCUT2D eigenvalue weighted by molar-refractivity contribution is -0.137. The Kier molecular flexibility index (Phi) is 9.48. The normalized spacial score (nSPS) is 17.8. The van der Waals surface area contributed by atoms with Crippen LogP contribution in [-0.4, -0.2) is 35.1 Å². The Morgan fingerprint density at radius 2 is 1.64 bits per heavy atom. The van der Waals surface area contributed by atoms with Gasteiger partial charge in [0.15, 0.2) is 0 Å². The van der Waals surface area contributed by atoms with Gasteiger partial charge in [-0.1, -0.05) is 42.5 Å². The molecule has 39 heavy (non-hydrogen) atoms. The van der Waals surface area contributed by atoms with E-state index in [9.17, 15) is 22.8 Å². The van der Waals surface area contributed by atoms with Crippen molar-refractivity contribution in [3.8, 4) is 0 Å². The van der Waals surface area contributed by atoms with Crippen LogP contribution in [0, 0.1) is 0 Å². The van der Waals surface area contributed by atoms with E-state index in [1.165, 1.54) is 11.0 Å². The number of carbonyl (C=O) groups is 2. The average molecular weight is 538 g/mol. The molecule has 0 saturated carbocycles. The molecule has 204 valence electrons. The summed E-state index contributed by atoms with van der Waals surface area (Å²) in [7, 11) is 0. The van der Waals surface area contributed by atoms with Crippen LogP contribution in [0.5, 0.6) is 0 Å². The van der Waals surface area contributed by atoms with Gasteiger partial charge in [0.05, 0.1) is 11.3 Å². The number of piperidine rings is 1. The molecule has 3 aromatic carbocycles. The quantitative estimate of drug-likeness (QED) is 0.393. The summed E-state index contributed by atoms with van der Waals surface area (Å²) in [5, 5.41) is 2.55. The summed E-state index contributed by atoms with van der Waals surface area (Å²) in [4.78, 5) is 31.8. The van der Waals surface area contributed by atoms with Crippen molar-refractivity contribution in [2.24, 2.45) is 10.7 Å². The van der Waals surface area contributed by atoms with Gasteiger partial charge in [-0.25, -0.2) is 4.99 Å². The molecule has 4 rings (SSSR count). The first kappa shape index (κ1) is 29.0. The Balaban J connectivity index is 0.000000520. The molecule has 0 spiro atoms. The lowest BCUT2D eigenvalue weighted by Crippen LogP contribution is -2.55. The SMILES string of the molecule is CCN1C(=O)C(NC(=O)c2cccc(C(F)(F)F)c2)C/C(=C(\C)N)C1=Nc1ccccc1.Nc1ccccc1. The average Bonchev–Trinajstić information content (AvgIpc) is 2.91. The smallest absolute Gasteiger partial charge is 0.402 e. The number of rotatable bonds is 4. The number of benzene rings is 3. The van der Waals surface area contributed by atoms with Gasteiger partial charge in [-0.3, -0.25) is 14.5 Å². The highest BCUT2D eigenvalue weighted by molar-refractivity contribution is 6.14. The molecule has 1 saturated heterocycles. The molecule has 10 heteroatoms. The van der Waals surface area contributed by atoms with Crippen molar-refractivity contribution in [2.45, 2.75) is 32.5 Å². The minimum Gasteiger partial charge on any atom is -0.402 e. The summed E-state index contributed by atoms with van der Waals surface area (Å²) in [6.07, 6.45) is -4.50. The summed E-state index contributed by atoms with van der Waals surface area (Å²) in [5.74, 6) is -0.788. The largest absolute Gasteiger partial charge is 0.416 e. The molecule has 7 nitrogen and oxygen atoms in total. The van der Waals surface area contributed by atoms with Gasteiger partial charge in [-0.05, 0) is 56.3 Å². The number of likely N-dealkylation sites (tertiary alicyclic amines) is 1. The molecule has 1 aliphatic rings. The zero-order chi connectivity index (χ0) is 28.6. The van der Waals surface area contributed by atoms with E-state index >= 15 is 0 Å². The topological polar surface area (TPSA) is 114 Å². The van der Waals surface area contributed by atoms with Gasteiger partial charge in [0.1, 0.15) is 11.9 Å². The molecule has 2 amide bonds. The summed E-state index contributed by atoms with van der Waals surface area (Å²) in [6.45, 7) is 3.71.